The number of hydrogen-bond donors (Lipinski definition) is 2. The van der Waals surface area contributed by atoms with Gasteiger partial charge >= 0.3 is 0 Å². The Balaban J connectivity index is 1.72. The molecule has 2 N–H and O–H groups in total. The number of piperidine rings is 1. The number of β-amino-alcohol motifs (C(OH)–C–C–N with tert-alkyl or cyclic N) is 1. The molecule has 1 amide bonds. The van der Waals surface area contributed by atoms with Crippen LogP contribution in [0.3, 0.4) is 0 Å². The minimum Gasteiger partial charge on any atom is -0.392 e. The topological polar surface area (TPSA) is 72.5 Å². The Hall–Kier alpha value is -1.40. The lowest BCUT2D eigenvalue weighted by molar-refractivity contribution is -0.131. The minimum atomic E-state index is -0.279. The predicted octanol–water partition coefficient (Wildman–Crippen LogP) is 0.874. The van der Waals surface area contributed by atoms with Gasteiger partial charge in [-0.2, -0.15) is 5.10 Å². The van der Waals surface area contributed by atoms with Crippen molar-refractivity contribution in [3.8, 4) is 0 Å². The fraction of sp³-hybridized carbons (Fsp3) is 0.750. The molecule has 0 aliphatic carbocycles. The summed E-state index contributed by atoms with van der Waals surface area (Å²) in [6.07, 6.45) is 3.42. The highest BCUT2D eigenvalue weighted by Gasteiger charge is 2.21. The van der Waals surface area contributed by atoms with Gasteiger partial charge in [0.25, 0.3) is 0 Å². The maximum absolute atomic E-state index is 12.2. The summed E-state index contributed by atoms with van der Waals surface area (Å²) in [6, 6.07) is 0. The molecule has 6 nitrogen and oxygen atoms in total. The molecule has 0 aromatic carbocycles. The van der Waals surface area contributed by atoms with Gasteiger partial charge in [-0.3, -0.25) is 14.8 Å². The molecule has 0 spiro atoms. The molecule has 0 bridgehead atoms. The third-order valence-corrected chi connectivity index (χ3v) is 4.47. The maximum atomic E-state index is 12.2. The highest BCUT2D eigenvalue weighted by molar-refractivity contribution is 5.78. The first kappa shape index (κ1) is 17.0. The van der Waals surface area contributed by atoms with Crippen molar-refractivity contribution in [1.29, 1.82) is 0 Å². The van der Waals surface area contributed by atoms with Gasteiger partial charge in [-0.25, -0.2) is 0 Å². The summed E-state index contributed by atoms with van der Waals surface area (Å²) in [6.45, 7) is 6.73. The van der Waals surface area contributed by atoms with Gasteiger partial charge in [0.2, 0.25) is 5.91 Å². The van der Waals surface area contributed by atoms with Crippen LogP contribution in [0.25, 0.3) is 0 Å². The van der Waals surface area contributed by atoms with Crippen molar-refractivity contribution >= 4 is 5.91 Å². The predicted molar refractivity (Wildman–Crippen MR) is 85.7 cm³/mol. The lowest BCUT2D eigenvalue weighted by Crippen LogP contribution is -2.44. The van der Waals surface area contributed by atoms with E-state index in [1.165, 1.54) is 5.56 Å². The van der Waals surface area contributed by atoms with E-state index >= 15 is 0 Å². The van der Waals surface area contributed by atoms with Crippen molar-refractivity contribution in [3.05, 3.63) is 17.0 Å². The SMILES string of the molecule is Cc1n[nH]c(C)c1CCCN(C)C(=O)CN1CCC[C@H](O)C1. The summed E-state index contributed by atoms with van der Waals surface area (Å²) >= 11 is 0. The number of aliphatic hydroxyl groups is 1. The van der Waals surface area contributed by atoms with Crippen LogP contribution in [-0.4, -0.2) is 70.3 Å². The van der Waals surface area contributed by atoms with Gasteiger partial charge in [0.1, 0.15) is 0 Å². The van der Waals surface area contributed by atoms with E-state index in [0.717, 1.165) is 50.2 Å². The minimum absolute atomic E-state index is 0.134. The lowest BCUT2D eigenvalue weighted by atomic mass is 10.1. The number of hydrogen-bond acceptors (Lipinski definition) is 4. The zero-order valence-electron chi connectivity index (χ0n) is 13.9. The molecule has 1 aliphatic rings. The molecule has 6 heteroatoms. The molecule has 1 aromatic heterocycles. The Morgan fingerprint density at radius 2 is 2.27 bits per heavy atom. The molecule has 0 radical (unpaired) electrons. The lowest BCUT2D eigenvalue weighted by Gasteiger charge is -2.30. The van der Waals surface area contributed by atoms with Crippen LogP contribution in [0.2, 0.25) is 0 Å². The third kappa shape index (κ3) is 4.55. The van der Waals surface area contributed by atoms with Gasteiger partial charge in [0.05, 0.1) is 18.3 Å². The Morgan fingerprint density at radius 3 is 2.91 bits per heavy atom. The van der Waals surface area contributed by atoms with E-state index in [1.54, 1.807) is 4.90 Å². The van der Waals surface area contributed by atoms with Gasteiger partial charge in [-0.05, 0) is 51.6 Å². The van der Waals surface area contributed by atoms with Gasteiger partial charge in [-0.15, -0.1) is 0 Å². The number of amides is 1. The fourth-order valence-corrected chi connectivity index (χ4v) is 3.05. The quantitative estimate of drug-likeness (QED) is 0.818. The van der Waals surface area contributed by atoms with E-state index in [4.69, 9.17) is 0 Å². The molecular formula is C16H28N4O2. The van der Waals surface area contributed by atoms with Gasteiger partial charge < -0.3 is 10.0 Å². The number of likely N-dealkylation sites (tertiary alicyclic amines) is 1. The molecule has 1 saturated heterocycles. The number of H-pyrrole nitrogens is 1. The second kappa shape index (κ2) is 7.74. The van der Waals surface area contributed by atoms with E-state index in [0.29, 0.717) is 13.1 Å². The van der Waals surface area contributed by atoms with Crippen molar-refractivity contribution in [1.82, 2.24) is 20.0 Å². The van der Waals surface area contributed by atoms with Crippen molar-refractivity contribution in [2.75, 3.05) is 33.2 Å². The van der Waals surface area contributed by atoms with Crippen LogP contribution in [-0.2, 0) is 11.2 Å². The fourth-order valence-electron chi connectivity index (χ4n) is 3.05. The van der Waals surface area contributed by atoms with Crippen LogP contribution < -0.4 is 0 Å². The summed E-state index contributed by atoms with van der Waals surface area (Å²) in [5, 5.41) is 16.8. The zero-order chi connectivity index (χ0) is 16.1. The normalized spacial score (nSPS) is 19.4. The molecule has 22 heavy (non-hydrogen) atoms. The summed E-state index contributed by atoms with van der Waals surface area (Å²) in [4.78, 5) is 16.1. The second-order valence-electron chi connectivity index (χ2n) is 6.36. The molecule has 124 valence electrons. The second-order valence-corrected chi connectivity index (χ2v) is 6.36. The van der Waals surface area contributed by atoms with Crippen molar-refractivity contribution in [3.63, 3.8) is 0 Å². The summed E-state index contributed by atoms with van der Waals surface area (Å²) in [5.74, 6) is 0.134. The number of nitrogens with zero attached hydrogens (tertiary/aromatic N) is 3. The highest BCUT2D eigenvalue weighted by atomic mass is 16.3. The average Bonchev–Trinajstić information content (AvgIpc) is 2.78. The summed E-state index contributed by atoms with van der Waals surface area (Å²) < 4.78 is 0. The van der Waals surface area contributed by atoms with Crippen LogP contribution >= 0.6 is 0 Å². The molecule has 2 rings (SSSR count). The van der Waals surface area contributed by atoms with Crippen LogP contribution in [0.15, 0.2) is 0 Å². The average molecular weight is 308 g/mol. The Bertz CT molecular complexity index is 481. The van der Waals surface area contributed by atoms with E-state index in [9.17, 15) is 9.90 Å². The van der Waals surface area contributed by atoms with Crippen molar-refractivity contribution in [2.24, 2.45) is 0 Å². The van der Waals surface area contributed by atoms with Gasteiger partial charge in [0, 0.05) is 25.8 Å². The molecule has 1 fully saturated rings. The van der Waals surface area contributed by atoms with Gasteiger partial charge in [0.15, 0.2) is 0 Å². The van der Waals surface area contributed by atoms with E-state index < -0.39 is 0 Å². The molecule has 1 atom stereocenters. The first-order valence-electron chi connectivity index (χ1n) is 8.12. The first-order chi connectivity index (χ1) is 10.5. The van der Waals surface area contributed by atoms with Gasteiger partial charge in [-0.1, -0.05) is 0 Å². The smallest absolute Gasteiger partial charge is 0.236 e. The molecule has 1 aliphatic heterocycles. The van der Waals surface area contributed by atoms with E-state index in [-0.39, 0.29) is 12.0 Å². The number of nitrogens with one attached hydrogen (secondary N) is 1. The number of likely N-dealkylation sites (N-methyl/N-ethyl adjacent to an activating group) is 1. The molecular weight excluding hydrogens is 280 g/mol. The molecule has 2 heterocycles. The maximum Gasteiger partial charge on any atom is 0.236 e. The monoisotopic (exact) mass is 308 g/mol. The third-order valence-electron chi connectivity index (χ3n) is 4.47. The van der Waals surface area contributed by atoms with E-state index in [1.807, 2.05) is 20.9 Å². The largest absolute Gasteiger partial charge is 0.392 e. The Labute approximate surface area is 132 Å². The van der Waals surface area contributed by atoms with Crippen LogP contribution in [0.1, 0.15) is 36.2 Å². The van der Waals surface area contributed by atoms with Crippen molar-refractivity contribution in [2.45, 2.75) is 45.6 Å². The standard InChI is InChI=1S/C16H28N4O2/c1-12-15(13(2)18-17-12)7-5-8-19(3)16(22)11-20-9-4-6-14(21)10-20/h14,21H,4-11H2,1-3H3,(H,17,18)/t14-/m0/s1. The Kier molecular flexibility index (Phi) is 5.97. The highest BCUT2D eigenvalue weighted by Crippen LogP contribution is 2.12. The van der Waals surface area contributed by atoms with Crippen LogP contribution in [0, 0.1) is 13.8 Å². The van der Waals surface area contributed by atoms with Crippen molar-refractivity contribution < 1.29 is 9.90 Å². The van der Waals surface area contributed by atoms with E-state index in [2.05, 4.69) is 15.1 Å². The molecule has 0 saturated carbocycles. The summed E-state index contributed by atoms with van der Waals surface area (Å²) in [5.41, 5.74) is 3.43. The summed E-state index contributed by atoms with van der Waals surface area (Å²) in [7, 11) is 1.86. The number of aliphatic hydroxyl groups excluding tert-OH is 1. The number of rotatable bonds is 6. The number of carbonyl (C=O) groups is 1. The molecule has 1 aromatic rings. The number of carbonyl (C=O) groups excluding carboxylic acids is 1. The number of aromatic nitrogens is 2. The van der Waals surface area contributed by atoms with Crippen LogP contribution in [0.5, 0.6) is 0 Å². The number of aromatic amines is 1. The van der Waals surface area contributed by atoms with Crippen LogP contribution in [0.4, 0.5) is 0 Å². The Morgan fingerprint density at radius 1 is 1.50 bits per heavy atom. The first-order valence-corrected chi connectivity index (χ1v) is 8.12. The molecule has 0 unspecified atom stereocenters. The number of aryl methyl sites for hydroxylation is 2. The zero-order valence-corrected chi connectivity index (χ0v) is 13.9.